The summed E-state index contributed by atoms with van der Waals surface area (Å²) in [6.07, 6.45) is 1.58. The monoisotopic (exact) mass is 274 g/mol. The lowest BCUT2D eigenvalue weighted by atomic mass is 10.2. The lowest BCUT2D eigenvalue weighted by Crippen LogP contribution is -2.20. The van der Waals surface area contributed by atoms with E-state index >= 15 is 0 Å². The largest absolute Gasteiger partial charge is 0.465 e. The van der Waals surface area contributed by atoms with Crippen LogP contribution in [0.5, 0.6) is 0 Å². The van der Waals surface area contributed by atoms with Gasteiger partial charge in [0.2, 0.25) is 5.91 Å². The summed E-state index contributed by atoms with van der Waals surface area (Å²) in [5.41, 5.74) is 1.83. The second-order valence-corrected chi connectivity index (χ2v) is 4.15. The molecule has 0 aliphatic rings. The molecule has 7 nitrogen and oxygen atoms in total. The number of amides is 1. The van der Waals surface area contributed by atoms with Gasteiger partial charge in [-0.05, 0) is 31.2 Å². The molecule has 0 spiro atoms. The fourth-order valence-electron chi connectivity index (χ4n) is 1.61. The molecule has 0 radical (unpaired) electrons. The number of aryl methyl sites for hydroxylation is 1. The van der Waals surface area contributed by atoms with Crippen molar-refractivity contribution in [3.63, 3.8) is 0 Å². The van der Waals surface area contributed by atoms with Crippen molar-refractivity contribution in [1.82, 2.24) is 15.0 Å². The first-order valence-corrected chi connectivity index (χ1v) is 5.93. The third-order valence-electron chi connectivity index (χ3n) is 2.69. The molecule has 7 heteroatoms. The van der Waals surface area contributed by atoms with Crippen LogP contribution in [-0.2, 0) is 16.1 Å². The van der Waals surface area contributed by atoms with Gasteiger partial charge >= 0.3 is 5.97 Å². The van der Waals surface area contributed by atoms with Gasteiger partial charge in [-0.2, -0.15) is 0 Å². The summed E-state index contributed by atoms with van der Waals surface area (Å²) in [6, 6.07) is 6.45. The molecule has 1 heterocycles. The molecule has 0 bridgehead atoms. The van der Waals surface area contributed by atoms with E-state index in [-0.39, 0.29) is 12.5 Å². The van der Waals surface area contributed by atoms with Crippen LogP contribution in [0.25, 0.3) is 0 Å². The minimum absolute atomic E-state index is 0.0879. The second kappa shape index (κ2) is 5.96. The van der Waals surface area contributed by atoms with E-state index in [0.29, 0.717) is 11.3 Å². The maximum absolute atomic E-state index is 11.8. The van der Waals surface area contributed by atoms with Crippen molar-refractivity contribution >= 4 is 17.6 Å². The molecular weight excluding hydrogens is 260 g/mol. The van der Waals surface area contributed by atoms with E-state index in [1.807, 2.05) is 6.92 Å². The quantitative estimate of drug-likeness (QED) is 0.841. The summed E-state index contributed by atoms with van der Waals surface area (Å²) in [7, 11) is 1.32. The van der Waals surface area contributed by atoms with E-state index in [2.05, 4.69) is 20.4 Å². The number of carbonyl (C=O) groups excluding carboxylic acids is 2. The maximum atomic E-state index is 11.8. The Balaban J connectivity index is 1.98. The molecule has 1 aromatic heterocycles. The number of hydrogen-bond acceptors (Lipinski definition) is 5. The zero-order valence-corrected chi connectivity index (χ0v) is 11.2. The Labute approximate surface area is 115 Å². The van der Waals surface area contributed by atoms with Gasteiger partial charge in [0.1, 0.15) is 6.54 Å². The number of esters is 1. The Bertz CT molecular complexity index is 619. The highest BCUT2D eigenvalue weighted by Gasteiger charge is 2.08. The number of ether oxygens (including phenoxy) is 1. The number of benzene rings is 1. The minimum atomic E-state index is -0.416. The van der Waals surface area contributed by atoms with E-state index in [4.69, 9.17) is 0 Å². The van der Waals surface area contributed by atoms with Crippen molar-refractivity contribution in [2.24, 2.45) is 0 Å². The molecular formula is C13H14N4O3. The number of hydrogen-bond donors (Lipinski definition) is 1. The van der Waals surface area contributed by atoms with Crippen molar-refractivity contribution < 1.29 is 14.3 Å². The Morgan fingerprint density at radius 2 is 2.00 bits per heavy atom. The van der Waals surface area contributed by atoms with Crippen molar-refractivity contribution in [3.8, 4) is 0 Å². The summed E-state index contributed by atoms with van der Waals surface area (Å²) in [5.74, 6) is -0.634. The van der Waals surface area contributed by atoms with E-state index in [1.54, 1.807) is 30.5 Å². The highest BCUT2D eigenvalue weighted by Crippen LogP contribution is 2.10. The Hall–Kier alpha value is -2.70. The van der Waals surface area contributed by atoms with Crippen molar-refractivity contribution in [1.29, 1.82) is 0 Å². The average molecular weight is 274 g/mol. The van der Waals surface area contributed by atoms with Gasteiger partial charge in [0, 0.05) is 5.69 Å². The third kappa shape index (κ3) is 3.19. The lowest BCUT2D eigenvalue weighted by Gasteiger charge is -2.06. The first kappa shape index (κ1) is 13.7. The number of anilines is 1. The molecule has 1 aromatic carbocycles. The van der Waals surface area contributed by atoms with E-state index in [0.717, 1.165) is 5.69 Å². The van der Waals surface area contributed by atoms with Gasteiger partial charge in [-0.3, -0.25) is 4.79 Å². The van der Waals surface area contributed by atoms with Gasteiger partial charge in [-0.25, -0.2) is 9.48 Å². The molecule has 0 saturated heterocycles. The van der Waals surface area contributed by atoms with E-state index in [1.165, 1.54) is 11.8 Å². The number of methoxy groups -OCH3 is 1. The zero-order chi connectivity index (χ0) is 14.5. The molecule has 0 atom stereocenters. The summed E-state index contributed by atoms with van der Waals surface area (Å²) in [5, 5.41) is 10.2. The summed E-state index contributed by atoms with van der Waals surface area (Å²) in [4.78, 5) is 23.1. The molecule has 2 rings (SSSR count). The number of nitrogens with one attached hydrogen (secondary N) is 1. The Morgan fingerprint density at radius 3 is 2.55 bits per heavy atom. The van der Waals surface area contributed by atoms with E-state index < -0.39 is 5.97 Å². The third-order valence-corrected chi connectivity index (χ3v) is 2.69. The average Bonchev–Trinajstić information content (AvgIpc) is 2.84. The second-order valence-electron chi connectivity index (χ2n) is 4.15. The zero-order valence-electron chi connectivity index (χ0n) is 11.2. The first-order valence-electron chi connectivity index (χ1n) is 5.93. The standard InChI is InChI=1S/C13H14N4O3/c1-9-7-14-16-17(9)8-12(18)15-11-5-3-10(4-6-11)13(19)20-2/h3-7H,8H2,1-2H3,(H,15,18). The number of carbonyl (C=O) groups is 2. The van der Waals surface area contributed by atoms with Crippen molar-refractivity contribution in [2.75, 3.05) is 12.4 Å². The Morgan fingerprint density at radius 1 is 1.30 bits per heavy atom. The first-order chi connectivity index (χ1) is 9.60. The van der Waals surface area contributed by atoms with Gasteiger partial charge in [-0.1, -0.05) is 5.21 Å². The van der Waals surface area contributed by atoms with E-state index in [9.17, 15) is 9.59 Å². The molecule has 2 aromatic rings. The van der Waals surface area contributed by atoms with Gasteiger partial charge in [0.25, 0.3) is 0 Å². The maximum Gasteiger partial charge on any atom is 0.337 e. The molecule has 0 aliphatic heterocycles. The van der Waals surface area contributed by atoms with Crippen LogP contribution >= 0.6 is 0 Å². The summed E-state index contributed by atoms with van der Waals surface area (Å²) < 4.78 is 6.09. The molecule has 0 unspecified atom stereocenters. The smallest absolute Gasteiger partial charge is 0.337 e. The predicted octanol–water partition coefficient (Wildman–Crippen LogP) is 1.01. The van der Waals surface area contributed by atoms with Crippen LogP contribution in [0.15, 0.2) is 30.5 Å². The fraction of sp³-hybridized carbons (Fsp3) is 0.231. The van der Waals surface area contributed by atoms with Crippen LogP contribution in [0.4, 0.5) is 5.69 Å². The topological polar surface area (TPSA) is 86.1 Å². The van der Waals surface area contributed by atoms with Crippen LogP contribution in [0, 0.1) is 6.92 Å². The van der Waals surface area contributed by atoms with Crippen LogP contribution in [-0.4, -0.2) is 34.0 Å². The normalized spacial score (nSPS) is 10.1. The fourth-order valence-corrected chi connectivity index (χ4v) is 1.61. The van der Waals surface area contributed by atoms with Crippen LogP contribution in [0.2, 0.25) is 0 Å². The van der Waals surface area contributed by atoms with Gasteiger partial charge in [-0.15, -0.1) is 5.10 Å². The lowest BCUT2D eigenvalue weighted by molar-refractivity contribution is -0.117. The number of nitrogens with zero attached hydrogens (tertiary/aromatic N) is 3. The van der Waals surface area contributed by atoms with Crippen LogP contribution < -0.4 is 5.32 Å². The minimum Gasteiger partial charge on any atom is -0.465 e. The molecule has 20 heavy (non-hydrogen) atoms. The molecule has 1 N–H and O–H groups in total. The SMILES string of the molecule is COC(=O)c1ccc(NC(=O)Cn2nncc2C)cc1. The van der Waals surface area contributed by atoms with Crippen molar-refractivity contribution in [3.05, 3.63) is 41.7 Å². The summed E-state index contributed by atoms with van der Waals surface area (Å²) in [6.45, 7) is 1.91. The van der Waals surface area contributed by atoms with Gasteiger partial charge < -0.3 is 10.1 Å². The molecule has 1 amide bonds. The van der Waals surface area contributed by atoms with Crippen LogP contribution in [0.1, 0.15) is 16.1 Å². The molecule has 0 fully saturated rings. The number of rotatable bonds is 4. The molecule has 0 aliphatic carbocycles. The Kier molecular flexibility index (Phi) is 4.09. The molecule has 104 valence electrons. The van der Waals surface area contributed by atoms with Gasteiger partial charge in [0.15, 0.2) is 0 Å². The highest BCUT2D eigenvalue weighted by molar-refractivity contribution is 5.92. The predicted molar refractivity (Wildman–Crippen MR) is 71.2 cm³/mol. The van der Waals surface area contributed by atoms with Crippen molar-refractivity contribution in [2.45, 2.75) is 13.5 Å². The number of aromatic nitrogens is 3. The highest BCUT2D eigenvalue weighted by atomic mass is 16.5. The molecule has 0 saturated carbocycles. The van der Waals surface area contributed by atoms with Crippen LogP contribution in [0.3, 0.4) is 0 Å². The summed E-state index contributed by atoms with van der Waals surface area (Å²) >= 11 is 0. The van der Waals surface area contributed by atoms with Gasteiger partial charge in [0.05, 0.1) is 24.6 Å².